The van der Waals surface area contributed by atoms with Gasteiger partial charge in [-0.2, -0.15) is 0 Å². The van der Waals surface area contributed by atoms with Gasteiger partial charge in [-0.05, 0) is 53.0 Å². The molecule has 18 heavy (non-hydrogen) atoms. The van der Waals surface area contributed by atoms with Crippen LogP contribution in [0.15, 0.2) is 34.1 Å². The Kier molecular flexibility index (Phi) is 4.78. The molecule has 0 aliphatic heterocycles. The van der Waals surface area contributed by atoms with Gasteiger partial charge in [-0.1, -0.05) is 17.7 Å². The Morgan fingerprint density at radius 2 is 2.22 bits per heavy atom. The Morgan fingerprint density at radius 1 is 1.44 bits per heavy atom. The Hall–Kier alpha value is -0.420. The lowest BCUT2D eigenvalue weighted by Crippen LogP contribution is -2.18. The molecule has 1 unspecified atom stereocenters. The van der Waals surface area contributed by atoms with Gasteiger partial charge in [-0.15, -0.1) is 11.3 Å². The molecule has 0 aliphatic carbocycles. The smallest absolute Gasteiger partial charge is 0.127 e. The molecule has 0 spiro atoms. The molecular formula is C13H12BrClFNS. The SMILES string of the molecule is CNC(Cc1c(F)cccc1Cl)c1sccc1Br. The zero-order valence-corrected chi connectivity index (χ0v) is 12.9. The minimum absolute atomic E-state index is 0.0498. The van der Waals surface area contributed by atoms with Gasteiger partial charge in [-0.3, -0.25) is 0 Å². The molecule has 0 saturated carbocycles. The van der Waals surface area contributed by atoms with Crippen molar-refractivity contribution in [3.8, 4) is 0 Å². The predicted molar refractivity (Wildman–Crippen MR) is 78.9 cm³/mol. The second-order valence-corrected chi connectivity index (χ2v) is 6.09. The van der Waals surface area contributed by atoms with Crippen molar-refractivity contribution in [3.05, 3.63) is 55.4 Å². The number of likely N-dealkylation sites (N-methyl/N-ethyl adjacent to an activating group) is 1. The van der Waals surface area contributed by atoms with E-state index in [0.29, 0.717) is 17.0 Å². The Labute approximate surface area is 123 Å². The third-order valence-electron chi connectivity index (χ3n) is 2.78. The lowest BCUT2D eigenvalue weighted by Gasteiger charge is -2.16. The fraction of sp³-hybridized carbons (Fsp3) is 0.231. The van der Waals surface area contributed by atoms with E-state index < -0.39 is 0 Å². The molecule has 1 N–H and O–H groups in total. The number of halogens is 3. The molecule has 0 aliphatic rings. The third kappa shape index (κ3) is 2.94. The van der Waals surface area contributed by atoms with Gasteiger partial charge in [0.25, 0.3) is 0 Å². The fourth-order valence-electron chi connectivity index (χ4n) is 1.81. The van der Waals surface area contributed by atoms with Gasteiger partial charge >= 0.3 is 0 Å². The summed E-state index contributed by atoms with van der Waals surface area (Å²) in [7, 11) is 1.87. The highest BCUT2D eigenvalue weighted by Crippen LogP contribution is 2.32. The van der Waals surface area contributed by atoms with E-state index in [4.69, 9.17) is 11.6 Å². The van der Waals surface area contributed by atoms with E-state index in [2.05, 4.69) is 21.2 Å². The highest BCUT2D eigenvalue weighted by molar-refractivity contribution is 9.10. The van der Waals surface area contributed by atoms with Crippen molar-refractivity contribution in [3.63, 3.8) is 0 Å². The van der Waals surface area contributed by atoms with Gasteiger partial charge in [0.1, 0.15) is 5.82 Å². The summed E-state index contributed by atoms with van der Waals surface area (Å²) in [5.41, 5.74) is 0.554. The maximum atomic E-state index is 13.8. The molecule has 0 amide bonds. The van der Waals surface area contributed by atoms with Crippen LogP contribution in [-0.4, -0.2) is 7.05 Å². The first-order chi connectivity index (χ1) is 8.63. The summed E-state index contributed by atoms with van der Waals surface area (Å²) < 4.78 is 14.8. The maximum Gasteiger partial charge on any atom is 0.127 e. The number of thiophene rings is 1. The van der Waals surface area contributed by atoms with Crippen LogP contribution in [0, 0.1) is 5.82 Å². The van der Waals surface area contributed by atoms with Gasteiger partial charge in [0.15, 0.2) is 0 Å². The molecule has 0 bridgehead atoms. The quantitative estimate of drug-likeness (QED) is 0.836. The van der Waals surface area contributed by atoms with Crippen LogP contribution in [0.5, 0.6) is 0 Å². The highest BCUT2D eigenvalue weighted by Gasteiger charge is 2.18. The highest BCUT2D eigenvalue weighted by atomic mass is 79.9. The average molecular weight is 349 g/mol. The molecule has 2 aromatic rings. The summed E-state index contributed by atoms with van der Waals surface area (Å²) in [6.07, 6.45) is 0.529. The monoisotopic (exact) mass is 347 g/mol. The average Bonchev–Trinajstić information content (AvgIpc) is 2.76. The first kappa shape index (κ1) is 14.0. The summed E-state index contributed by atoms with van der Waals surface area (Å²) in [5.74, 6) is -0.254. The lowest BCUT2D eigenvalue weighted by molar-refractivity contribution is 0.559. The maximum absolute atomic E-state index is 13.8. The van der Waals surface area contributed by atoms with Gasteiger partial charge in [-0.25, -0.2) is 4.39 Å². The molecule has 1 aromatic carbocycles. The number of rotatable bonds is 4. The molecule has 1 heterocycles. The fourth-order valence-corrected chi connectivity index (χ4v) is 3.81. The Balaban J connectivity index is 2.29. The summed E-state index contributed by atoms with van der Waals surface area (Å²) >= 11 is 11.2. The van der Waals surface area contributed by atoms with Crippen molar-refractivity contribution >= 4 is 38.9 Å². The van der Waals surface area contributed by atoms with Gasteiger partial charge in [0.05, 0.1) is 0 Å². The van der Waals surface area contributed by atoms with Crippen molar-refractivity contribution in [2.45, 2.75) is 12.5 Å². The summed E-state index contributed by atoms with van der Waals surface area (Å²) in [6, 6.07) is 6.83. The minimum Gasteiger partial charge on any atom is -0.312 e. The van der Waals surface area contributed by atoms with Crippen LogP contribution in [0.4, 0.5) is 4.39 Å². The standard InChI is InChI=1S/C13H12BrClFNS/c1-17-12(13-9(14)5-6-18-13)7-8-10(15)3-2-4-11(8)16/h2-6,12,17H,7H2,1H3. The van der Waals surface area contributed by atoms with Crippen molar-refractivity contribution in [2.24, 2.45) is 0 Å². The van der Waals surface area contributed by atoms with Crippen LogP contribution in [0.3, 0.4) is 0 Å². The lowest BCUT2D eigenvalue weighted by atomic mass is 10.0. The molecule has 5 heteroatoms. The Bertz CT molecular complexity index is 523. The molecule has 1 nitrogen and oxygen atoms in total. The van der Waals surface area contributed by atoms with Crippen LogP contribution in [0.2, 0.25) is 5.02 Å². The van der Waals surface area contributed by atoms with E-state index in [1.54, 1.807) is 23.5 Å². The zero-order valence-electron chi connectivity index (χ0n) is 9.71. The second kappa shape index (κ2) is 6.15. The first-order valence-electron chi connectivity index (χ1n) is 5.46. The molecule has 0 fully saturated rings. The molecule has 1 aromatic heterocycles. The van der Waals surface area contributed by atoms with Crippen molar-refractivity contribution in [1.82, 2.24) is 5.32 Å². The third-order valence-corrected chi connectivity index (χ3v) is 5.12. The van der Waals surface area contributed by atoms with Crippen molar-refractivity contribution < 1.29 is 4.39 Å². The normalized spacial score (nSPS) is 12.7. The number of hydrogen-bond acceptors (Lipinski definition) is 2. The van der Waals surface area contributed by atoms with E-state index in [9.17, 15) is 4.39 Å². The molecule has 96 valence electrons. The van der Waals surface area contributed by atoms with E-state index in [0.717, 1.165) is 9.35 Å². The van der Waals surface area contributed by atoms with Gasteiger partial charge < -0.3 is 5.32 Å². The van der Waals surface area contributed by atoms with E-state index in [1.165, 1.54) is 6.07 Å². The van der Waals surface area contributed by atoms with Crippen LogP contribution < -0.4 is 5.32 Å². The Morgan fingerprint density at radius 3 is 2.78 bits per heavy atom. The van der Waals surface area contributed by atoms with Crippen molar-refractivity contribution in [2.75, 3.05) is 7.05 Å². The summed E-state index contributed by atoms with van der Waals surface area (Å²) in [6.45, 7) is 0. The second-order valence-electron chi connectivity index (χ2n) is 3.88. The summed E-state index contributed by atoms with van der Waals surface area (Å²) in [4.78, 5) is 1.15. The molecule has 1 atom stereocenters. The minimum atomic E-state index is -0.254. The van der Waals surface area contributed by atoms with Crippen molar-refractivity contribution in [1.29, 1.82) is 0 Å². The van der Waals surface area contributed by atoms with Crippen LogP contribution in [-0.2, 0) is 6.42 Å². The first-order valence-corrected chi connectivity index (χ1v) is 7.51. The van der Waals surface area contributed by atoms with Crippen LogP contribution in [0.1, 0.15) is 16.5 Å². The predicted octanol–water partition coefficient (Wildman–Crippen LogP) is 4.81. The van der Waals surface area contributed by atoms with Crippen LogP contribution in [0.25, 0.3) is 0 Å². The topological polar surface area (TPSA) is 12.0 Å². The van der Waals surface area contributed by atoms with Gasteiger partial charge in [0.2, 0.25) is 0 Å². The molecular weight excluding hydrogens is 337 g/mol. The molecule has 0 saturated heterocycles. The molecule has 0 radical (unpaired) electrons. The van der Waals surface area contributed by atoms with Gasteiger partial charge in [0, 0.05) is 26.0 Å². The van der Waals surface area contributed by atoms with E-state index in [-0.39, 0.29) is 11.9 Å². The number of hydrogen-bond donors (Lipinski definition) is 1. The molecule has 2 rings (SSSR count). The van der Waals surface area contributed by atoms with E-state index in [1.807, 2.05) is 18.5 Å². The van der Waals surface area contributed by atoms with E-state index >= 15 is 0 Å². The van der Waals surface area contributed by atoms with Crippen LogP contribution >= 0.6 is 38.9 Å². The summed E-state index contributed by atoms with van der Waals surface area (Å²) in [5, 5.41) is 5.68. The zero-order chi connectivity index (χ0) is 13.1. The number of benzene rings is 1. The number of nitrogens with one attached hydrogen (secondary N) is 1. The largest absolute Gasteiger partial charge is 0.312 e.